The van der Waals surface area contributed by atoms with Crippen molar-refractivity contribution in [1.29, 1.82) is 0 Å². The topological polar surface area (TPSA) is 42.7 Å². The highest BCUT2D eigenvalue weighted by molar-refractivity contribution is 6.18. The van der Waals surface area contributed by atoms with Crippen LogP contribution in [0.3, 0.4) is 0 Å². The van der Waals surface area contributed by atoms with Crippen LogP contribution in [-0.4, -0.2) is 42.5 Å². The van der Waals surface area contributed by atoms with E-state index in [2.05, 4.69) is 0 Å². The van der Waals surface area contributed by atoms with Crippen molar-refractivity contribution < 1.29 is 13.9 Å². The van der Waals surface area contributed by atoms with Crippen LogP contribution in [0.2, 0.25) is 0 Å². The molecule has 0 saturated carbocycles. The summed E-state index contributed by atoms with van der Waals surface area (Å²) >= 11 is 5.69. The van der Waals surface area contributed by atoms with Gasteiger partial charge in [-0.1, -0.05) is 0 Å². The average Bonchev–Trinajstić information content (AvgIpc) is 2.81. The first-order chi connectivity index (χ1) is 7.31. The van der Waals surface area contributed by atoms with Crippen LogP contribution >= 0.6 is 11.6 Å². The number of halogens is 1. The third-order valence-corrected chi connectivity index (χ3v) is 2.71. The molecule has 1 aliphatic heterocycles. The summed E-state index contributed by atoms with van der Waals surface area (Å²) in [5.41, 5.74) is 0.574. The van der Waals surface area contributed by atoms with E-state index in [9.17, 15) is 4.79 Å². The molecule has 0 N–H and O–H groups in total. The molecule has 5 heteroatoms. The van der Waals surface area contributed by atoms with E-state index in [4.69, 9.17) is 20.8 Å². The van der Waals surface area contributed by atoms with Gasteiger partial charge in [0.1, 0.15) is 6.26 Å². The number of hydrogen-bond donors (Lipinski definition) is 0. The summed E-state index contributed by atoms with van der Waals surface area (Å²) in [5.74, 6) is 0.386. The van der Waals surface area contributed by atoms with E-state index >= 15 is 0 Å². The number of alkyl halides is 1. The molecule has 2 heterocycles. The van der Waals surface area contributed by atoms with E-state index < -0.39 is 0 Å². The van der Waals surface area contributed by atoms with E-state index in [1.165, 1.54) is 12.5 Å². The van der Waals surface area contributed by atoms with Crippen molar-refractivity contribution in [2.24, 2.45) is 0 Å². The number of nitrogens with zero attached hydrogens (tertiary/aromatic N) is 1. The molecule has 1 amide bonds. The number of amides is 1. The standard InChI is InChI=1S/C10H12ClNO3/c11-5-9-6-12(2-4-15-9)10(13)8-1-3-14-7-8/h1,3,7,9H,2,4-6H2. The van der Waals surface area contributed by atoms with Crippen molar-refractivity contribution in [3.8, 4) is 0 Å². The number of ether oxygens (including phenoxy) is 1. The first-order valence-corrected chi connectivity index (χ1v) is 5.33. The minimum absolute atomic E-state index is 0.0258. The summed E-state index contributed by atoms with van der Waals surface area (Å²) < 4.78 is 10.3. The van der Waals surface area contributed by atoms with Gasteiger partial charge in [-0.05, 0) is 6.07 Å². The van der Waals surface area contributed by atoms with Crippen LogP contribution in [-0.2, 0) is 4.74 Å². The summed E-state index contributed by atoms with van der Waals surface area (Å²) in [7, 11) is 0. The molecule has 4 nitrogen and oxygen atoms in total. The molecule has 0 aromatic carbocycles. The zero-order valence-corrected chi connectivity index (χ0v) is 8.94. The molecule has 0 bridgehead atoms. The summed E-state index contributed by atoms with van der Waals surface area (Å²) in [6.07, 6.45) is 2.89. The molecular weight excluding hydrogens is 218 g/mol. The van der Waals surface area contributed by atoms with Crippen molar-refractivity contribution in [3.05, 3.63) is 24.2 Å². The van der Waals surface area contributed by atoms with Gasteiger partial charge in [-0.25, -0.2) is 0 Å². The van der Waals surface area contributed by atoms with Gasteiger partial charge in [0, 0.05) is 13.1 Å². The van der Waals surface area contributed by atoms with Gasteiger partial charge in [0.15, 0.2) is 0 Å². The van der Waals surface area contributed by atoms with Crippen LogP contribution in [0.15, 0.2) is 23.0 Å². The molecular formula is C10H12ClNO3. The third kappa shape index (κ3) is 2.33. The third-order valence-electron chi connectivity index (χ3n) is 2.37. The molecule has 1 atom stereocenters. The number of carbonyl (C=O) groups is 1. The van der Waals surface area contributed by atoms with Gasteiger partial charge in [-0.3, -0.25) is 4.79 Å². The fraction of sp³-hybridized carbons (Fsp3) is 0.500. The average molecular weight is 230 g/mol. The van der Waals surface area contributed by atoms with Gasteiger partial charge in [0.25, 0.3) is 5.91 Å². The maximum absolute atomic E-state index is 11.9. The highest BCUT2D eigenvalue weighted by Crippen LogP contribution is 2.11. The van der Waals surface area contributed by atoms with Gasteiger partial charge in [0.05, 0.1) is 30.4 Å². The van der Waals surface area contributed by atoms with E-state index in [0.717, 1.165) is 0 Å². The molecule has 0 radical (unpaired) electrons. The van der Waals surface area contributed by atoms with Crippen LogP contribution in [0.5, 0.6) is 0 Å². The lowest BCUT2D eigenvalue weighted by Crippen LogP contribution is -2.46. The number of carbonyl (C=O) groups excluding carboxylic acids is 1. The molecule has 1 unspecified atom stereocenters. The zero-order valence-electron chi connectivity index (χ0n) is 8.19. The summed E-state index contributed by atoms with van der Waals surface area (Å²) in [5, 5.41) is 0. The SMILES string of the molecule is O=C(c1ccoc1)N1CCOC(CCl)C1. The van der Waals surface area contributed by atoms with Gasteiger partial charge in [-0.15, -0.1) is 11.6 Å². The monoisotopic (exact) mass is 229 g/mol. The Morgan fingerprint density at radius 2 is 2.53 bits per heavy atom. The lowest BCUT2D eigenvalue weighted by atomic mass is 10.2. The van der Waals surface area contributed by atoms with E-state index in [0.29, 0.717) is 31.1 Å². The first-order valence-electron chi connectivity index (χ1n) is 4.80. The van der Waals surface area contributed by atoms with Crippen molar-refractivity contribution in [3.63, 3.8) is 0 Å². The fourth-order valence-corrected chi connectivity index (χ4v) is 1.75. The Labute approximate surface area is 92.7 Å². The molecule has 0 spiro atoms. The molecule has 1 saturated heterocycles. The highest BCUT2D eigenvalue weighted by Gasteiger charge is 2.24. The van der Waals surface area contributed by atoms with E-state index in [1.807, 2.05) is 0 Å². The second-order valence-corrected chi connectivity index (χ2v) is 3.72. The van der Waals surface area contributed by atoms with E-state index in [1.54, 1.807) is 11.0 Å². The van der Waals surface area contributed by atoms with Gasteiger partial charge < -0.3 is 14.1 Å². The number of morpholine rings is 1. The van der Waals surface area contributed by atoms with Gasteiger partial charge in [0.2, 0.25) is 0 Å². The van der Waals surface area contributed by atoms with Crippen molar-refractivity contribution in [2.75, 3.05) is 25.6 Å². The number of hydrogen-bond acceptors (Lipinski definition) is 3. The molecule has 1 aliphatic rings. The normalized spacial score (nSPS) is 21.7. The molecule has 2 rings (SSSR count). The van der Waals surface area contributed by atoms with Crippen LogP contribution in [0.25, 0.3) is 0 Å². The predicted molar refractivity (Wildman–Crippen MR) is 55.1 cm³/mol. The zero-order chi connectivity index (χ0) is 10.7. The lowest BCUT2D eigenvalue weighted by Gasteiger charge is -2.31. The molecule has 1 fully saturated rings. The number of rotatable bonds is 2. The van der Waals surface area contributed by atoms with E-state index in [-0.39, 0.29) is 12.0 Å². The Bertz CT molecular complexity index is 325. The Morgan fingerprint density at radius 3 is 3.20 bits per heavy atom. The maximum Gasteiger partial charge on any atom is 0.257 e. The Morgan fingerprint density at radius 1 is 1.67 bits per heavy atom. The maximum atomic E-state index is 11.9. The fourth-order valence-electron chi connectivity index (χ4n) is 1.57. The number of furan rings is 1. The molecule has 15 heavy (non-hydrogen) atoms. The molecule has 1 aromatic heterocycles. The van der Waals surface area contributed by atoms with Crippen LogP contribution < -0.4 is 0 Å². The molecule has 82 valence electrons. The second kappa shape index (κ2) is 4.68. The highest BCUT2D eigenvalue weighted by atomic mass is 35.5. The lowest BCUT2D eigenvalue weighted by molar-refractivity contribution is -0.0108. The van der Waals surface area contributed by atoms with Crippen LogP contribution in [0.4, 0.5) is 0 Å². The minimum Gasteiger partial charge on any atom is -0.472 e. The van der Waals surface area contributed by atoms with Gasteiger partial charge >= 0.3 is 0 Å². The predicted octanol–water partition coefficient (Wildman–Crippen LogP) is 1.36. The van der Waals surface area contributed by atoms with Crippen molar-refractivity contribution in [2.45, 2.75) is 6.10 Å². The Kier molecular flexibility index (Phi) is 3.28. The van der Waals surface area contributed by atoms with Crippen molar-refractivity contribution in [1.82, 2.24) is 4.90 Å². The largest absolute Gasteiger partial charge is 0.472 e. The second-order valence-electron chi connectivity index (χ2n) is 3.41. The molecule has 1 aromatic rings. The molecule has 0 aliphatic carbocycles. The van der Waals surface area contributed by atoms with Crippen molar-refractivity contribution >= 4 is 17.5 Å². The van der Waals surface area contributed by atoms with Crippen LogP contribution in [0, 0.1) is 0 Å². The summed E-state index contributed by atoms with van der Waals surface area (Å²) in [6, 6.07) is 1.66. The quantitative estimate of drug-likeness (QED) is 0.720. The van der Waals surface area contributed by atoms with Crippen LogP contribution in [0.1, 0.15) is 10.4 Å². The summed E-state index contributed by atoms with van der Waals surface area (Å²) in [4.78, 5) is 13.6. The first kappa shape index (κ1) is 10.5. The Balaban J connectivity index is 2.01. The minimum atomic E-state index is -0.0590. The smallest absolute Gasteiger partial charge is 0.257 e. The van der Waals surface area contributed by atoms with Gasteiger partial charge in [-0.2, -0.15) is 0 Å². The Hall–Kier alpha value is -1.00. The summed E-state index contributed by atoms with van der Waals surface area (Å²) in [6.45, 7) is 1.70.